The van der Waals surface area contributed by atoms with Gasteiger partial charge in [-0.3, -0.25) is 10.1 Å². The van der Waals surface area contributed by atoms with Gasteiger partial charge in [0.15, 0.2) is 0 Å². The van der Waals surface area contributed by atoms with Crippen molar-refractivity contribution in [3.8, 4) is 0 Å². The van der Waals surface area contributed by atoms with E-state index in [1.54, 1.807) is 11.8 Å². The van der Waals surface area contributed by atoms with Gasteiger partial charge in [-0.05, 0) is 25.9 Å². The lowest BCUT2D eigenvalue weighted by Gasteiger charge is -2.29. The van der Waals surface area contributed by atoms with E-state index in [0.717, 1.165) is 24.7 Å². The van der Waals surface area contributed by atoms with Crippen LogP contribution in [0.25, 0.3) is 0 Å². The molecule has 98 valence electrons. The molecule has 0 aromatic heterocycles. The number of likely N-dealkylation sites (N-methyl/N-ethyl adjacent to an activating group) is 1. The second-order valence-corrected chi connectivity index (χ2v) is 5.96. The Kier molecular flexibility index (Phi) is 5.13. The van der Waals surface area contributed by atoms with Crippen molar-refractivity contribution in [2.45, 2.75) is 25.3 Å². The summed E-state index contributed by atoms with van der Waals surface area (Å²) >= 11 is 1.81. The van der Waals surface area contributed by atoms with Gasteiger partial charge in [-0.2, -0.15) is 0 Å². The van der Waals surface area contributed by atoms with E-state index in [2.05, 4.69) is 10.2 Å². The number of nitrogens with one attached hydrogen (secondary N) is 1. The van der Waals surface area contributed by atoms with Gasteiger partial charge in [-0.25, -0.2) is 0 Å². The smallest absolute Gasteiger partial charge is 0.240 e. The van der Waals surface area contributed by atoms with E-state index in [0.29, 0.717) is 0 Å². The highest BCUT2D eigenvalue weighted by molar-refractivity contribution is 7.99. The number of hydrogen-bond donors (Lipinski definition) is 1. The molecule has 0 saturated carbocycles. The van der Waals surface area contributed by atoms with E-state index < -0.39 is 0 Å². The third-order valence-electron chi connectivity index (χ3n) is 3.59. The Balaban J connectivity index is 1.68. The summed E-state index contributed by atoms with van der Waals surface area (Å²) in [5, 5.41) is 3.23. The SMILES string of the molecule is CN(CCN1CCCCC1)C(=O)C1CSCN1. The number of carbonyl (C=O) groups excluding carboxylic acids is 1. The molecule has 2 aliphatic heterocycles. The van der Waals surface area contributed by atoms with Crippen LogP contribution in [0.4, 0.5) is 0 Å². The Morgan fingerprint density at radius 1 is 1.41 bits per heavy atom. The molecule has 5 heteroatoms. The van der Waals surface area contributed by atoms with E-state index in [1.807, 2.05) is 11.9 Å². The van der Waals surface area contributed by atoms with Crippen LogP contribution in [0.3, 0.4) is 0 Å². The molecule has 4 nitrogen and oxygen atoms in total. The molecule has 1 amide bonds. The summed E-state index contributed by atoms with van der Waals surface area (Å²) in [4.78, 5) is 16.4. The van der Waals surface area contributed by atoms with Crippen molar-refractivity contribution in [1.29, 1.82) is 0 Å². The quantitative estimate of drug-likeness (QED) is 0.800. The van der Waals surface area contributed by atoms with Crippen LogP contribution in [-0.4, -0.2) is 66.6 Å². The van der Waals surface area contributed by atoms with Gasteiger partial charge in [0.2, 0.25) is 5.91 Å². The van der Waals surface area contributed by atoms with Gasteiger partial charge in [-0.1, -0.05) is 6.42 Å². The Bertz CT molecular complexity index is 250. The number of amides is 1. The molecule has 1 atom stereocenters. The Hall–Kier alpha value is -0.260. The summed E-state index contributed by atoms with van der Waals surface area (Å²) in [5.41, 5.74) is 0. The first-order chi connectivity index (χ1) is 8.27. The number of likely N-dealkylation sites (tertiary alicyclic amines) is 1. The second kappa shape index (κ2) is 6.61. The number of piperidine rings is 1. The van der Waals surface area contributed by atoms with Crippen molar-refractivity contribution in [2.24, 2.45) is 0 Å². The van der Waals surface area contributed by atoms with Crippen molar-refractivity contribution >= 4 is 17.7 Å². The number of hydrogen-bond acceptors (Lipinski definition) is 4. The van der Waals surface area contributed by atoms with Crippen LogP contribution in [0.15, 0.2) is 0 Å². The Morgan fingerprint density at radius 3 is 2.82 bits per heavy atom. The van der Waals surface area contributed by atoms with Crippen LogP contribution < -0.4 is 5.32 Å². The summed E-state index contributed by atoms with van der Waals surface area (Å²) < 4.78 is 0. The molecule has 1 N–H and O–H groups in total. The fourth-order valence-corrected chi connectivity index (χ4v) is 3.34. The minimum absolute atomic E-state index is 0.0476. The largest absolute Gasteiger partial charge is 0.343 e. The summed E-state index contributed by atoms with van der Waals surface area (Å²) in [6.07, 6.45) is 4.01. The number of carbonyl (C=O) groups is 1. The fourth-order valence-electron chi connectivity index (χ4n) is 2.40. The first-order valence-electron chi connectivity index (χ1n) is 6.56. The average molecular weight is 257 g/mol. The maximum atomic E-state index is 12.0. The van der Waals surface area contributed by atoms with Crippen molar-refractivity contribution in [3.05, 3.63) is 0 Å². The number of thioether (sulfide) groups is 1. The van der Waals surface area contributed by atoms with Crippen molar-refractivity contribution in [2.75, 3.05) is 44.9 Å². The van der Waals surface area contributed by atoms with Crippen LogP contribution >= 0.6 is 11.8 Å². The lowest BCUT2D eigenvalue weighted by molar-refractivity contribution is -0.131. The minimum Gasteiger partial charge on any atom is -0.343 e. The molecule has 0 spiro atoms. The van der Waals surface area contributed by atoms with Crippen LogP contribution in [0.2, 0.25) is 0 Å². The molecule has 17 heavy (non-hydrogen) atoms. The van der Waals surface area contributed by atoms with Gasteiger partial charge in [0.05, 0.1) is 6.04 Å². The minimum atomic E-state index is 0.0476. The van der Waals surface area contributed by atoms with E-state index in [9.17, 15) is 4.79 Å². The predicted molar refractivity (Wildman–Crippen MR) is 72.2 cm³/mol. The first kappa shape index (κ1) is 13.2. The van der Waals surface area contributed by atoms with Crippen LogP contribution in [0.1, 0.15) is 19.3 Å². The maximum Gasteiger partial charge on any atom is 0.240 e. The van der Waals surface area contributed by atoms with Gasteiger partial charge >= 0.3 is 0 Å². The van der Waals surface area contributed by atoms with Crippen molar-refractivity contribution in [3.63, 3.8) is 0 Å². The van der Waals surface area contributed by atoms with Gasteiger partial charge in [0.1, 0.15) is 0 Å². The Labute approximate surface area is 108 Å². The molecule has 2 aliphatic rings. The molecule has 0 aromatic rings. The molecule has 2 heterocycles. The highest BCUT2D eigenvalue weighted by Gasteiger charge is 2.25. The molecule has 0 aliphatic carbocycles. The average Bonchev–Trinajstić information content (AvgIpc) is 2.90. The molecular formula is C12H23N3OS. The third-order valence-corrected chi connectivity index (χ3v) is 4.53. The zero-order valence-electron chi connectivity index (χ0n) is 10.7. The molecule has 0 bridgehead atoms. The van der Waals surface area contributed by atoms with E-state index in [4.69, 9.17) is 0 Å². The first-order valence-corrected chi connectivity index (χ1v) is 7.71. The maximum absolute atomic E-state index is 12.0. The summed E-state index contributed by atoms with van der Waals surface area (Å²) in [7, 11) is 1.93. The zero-order chi connectivity index (χ0) is 12.1. The number of nitrogens with zero attached hydrogens (tertiary/aromatic N) is 2. The Morgan fingerprint density at radius 2 is 2.18 bits per heavy atom. The summed E-state index contributed by atoms with van der Waals surface area (Å²) in [5.74, 6) is 2.09. The molecule has 2 saturated heterocycles. The number of rotatable bonds is 4. The lowest BCUT2D eigenvalue weighted by Crippen LogP contribution is -2.46. The van der Waals surface area contributed by atoms with E-state index >= 15 is 0 Å². The van der Waals surface area contributed by atoms with Crippen LogP contribution in [-0.2, 0) is 4.79 Å². The highest BCUT2D eigenvalue weighted by Crippen LogP contribution is 2.12. The fraction of sp³-hybridized carbons (Fsp3) is 0.917. The lowest BCUT2D eigenvalue weighted by atomic mass is 10.1. The standard InChI is InChI=1S/C12H23N3OS/c1-14(12(16)11-9-17-10-13-11)7-8-15-5-3-2-4-6-15/h11,13H,2-10H2,1H3. The van der Waals surface area contributed by atoms with Gasteiger partial charge in [0.25, 0.3) is 0 Å². The van der Waals surface area contributed by atoms with Crippen molar-refractivity contribution in [1.82, 2.24) is 15.1 Å². The summed E-state index contributed by atoms with van der Waals surface area (Å²) in [6.45, 7) is 4.31. The third kappa shape index (κ3) is 3.86. The zero-order valence-corrected chi connectivity index (χ0v) is 11.5. The molecule has 2 rings (SSSR count). The normalized spacial score (nSPS) is 26.1. The van der Waals surface area contributed by atoms with Crippen LogP contribution in [0, 0.1) is 0 Å². The van der Waals surface area contributed by atoms with Gasteiger partial charge in [0, 0.05) is 31.8 Å². The highest BCUT2D eigenvalue weighted by atomic mass is 32.2. The second-order valence-electron chi connectivity index (χ2n) is 4.93. The van der Waals surface area contributed by atoms with E-state index in [-0.39, 0.29) is 11.9 Å². The molecule has 2 fully saturated rings. The molecular weight excluding hydrogens is 234 g/mol. The topological polar surface area (TPSA) is 35.6 Å². The monoisotopic (exact) mass is 257 g/mol. The van der Waals surface area contributed by atoms with Crippen molar-refractivity contribution < 1.29 is 4.79 Å². The van der Waals surface area contributed by atoms with Gasteiger partial charge in [-0.15, -0.1) is 11.8 Å². The predicted octanol–water partition coefficient (Wildman–Crippen LogP) is 0.593. The van der Waals surface area contributed by atoms with Crippen LogP contribution in [0.5, 0.6) is 0 Å². The van der Waals surface area contributed by atoms with Gasteiger partial charge < -0.3 is 9.80 Å². The molecule has 1 unspecified atom stereocenters. The summed E-state index contributed by atoms with van der Waals surface area (Å²) in [6, 6.07) is 0.0476. The molecule has 0 aromatic carbocycles. The van der Waals surface area contributed by atoms with E-state index in [1.165, 1.54) is 32.4 Å². The molecule has 0 radical (unpaired) electrons.